The van der Waals surface area contributed by atoms with Gasteiger partial charge in [0.25, 0.3) is 0 Å². The Labute approximate surface area is 55.9 Å². The highest BCUT2D eigenvalue weighted by molar-refractivity contribution is 5.85. The Kier molecular flexibility index (Phi) is 9.73. The van der Waals surface area contributed by atoms with Crippen LogP contribution in [0.25, 0.3) is 0 Å². The molecule has 1 aliphatic heterocycles. The van der Waals surface area contributed by atoms with Crippen LogP contribution in [0, 0.1) is 0 Å². The molecule has 2 N–H and O–H groups in total. The molecule has 1 fully saturated rings. The lowest BCUT2D eigenvalue weighted by molar-refractivity contribution is 0.807. The summed E-state index contributed by atoms with van der Waals surface area (Å²) in [6, 6.07) is 0. The summed E-state index contributed by atoms with van der Waals surface area (Å²) in [4.78, 5) is 0. The Hall–Kier alpha value is 0.500. The van der Waals surface area contributed by atoms with Gasteiger partial charge in [0.1, 0.15) is 0 Å². The van der Waals surface area contributed by atoms with E-state index in [0.29, 0.717) is 0 Å². The average molecular weight is 145 g/mol. The topological polar surface area (TPSA) is 24.1 Å². The third kappa shape index (κ3) is 4.35. The van der Waals surface area contributed by atoms with Gasteiger partial charge in [0.15, 0.2) is 0 Å². The third-order valence-corrected chi connectivity index (χ3v) is 0.729. The first-order chi connectivity index (χ1) is 2.50. The molecule has 1 heterocycles. The van der Waals surface area contributed by atoms with Gasteiger partial charge in [0.05, 0.1) is 0 Å². The molecule has 0 aromatic rings. The molecule has 0 bridgehead atoms. The number of rotatable bonds is 0. The summed E-state index contributed by atoms with van der Waals surface area (Å²) < 4.78 is 0. The van der Waals surface area contributed by atoms with E-state index in [2.05, 4.69) is 10.6 Å². The maximum absolute atomic E-state index is 3.11. The van der Waals surface area contributed by atoms with Crippen LogP contribution >= 0.6 is 24.8 Å². The molecule has 1 aliphatic rings. The molecule has 0 atom stereocenters. The van der Waals surface area contributed by atoms with E-state index in [9.17, 15) is 0 Å². The van der Waals surface area contributed by atoms with Gasteiger partial charge in [0.2, 0.25) is 0 Å². The first-order valence-electron chi connectivity index (χ1n) is 1.91. The molecule has 0 saturated carbocycles. The largest absolute Gasteiger partial charge is 0.303 e. The van der Waals surface area contributed by atoms with E-state index in [0.717, 1.165) is 19.8 Å². The van der Waals surface area contributed by atoms with Crippen molar-refractivity contribution in [3.8, 4) is 0 Å². The molecular formula is C3H10Cl2N2. The lowest BCUT2D eigenvalue weighted by Crippen LogP contribution is -2.11. The summed E-state index contributed by atoms with van der Waals surface area (Å²) in [5, 5.41) is 6.22. The van der Waals surface area contributed by atoms with Gasteiger partial charge in [-0.15, -0.1) is 24.8 Å². The summed E-state index contributed by atoms with van der Waals surface area (Å²) in [6.07, 6.45) is 0. The van der Waals surface area contributed by atoms with Crippen molar-refractivity contribution in [1.82, 2.24) is 10.6 Å². The van der Waals surface area contributed by atoms with Crippen LogP contribution < -0.4 is 10.6 Å². The fraction of sp³-hybridized carbons (Fsp3) is 1.00. The first-order valence-corrected chi connectivity index (χ1v) is 1.91. The van der Waals surface area contributed by atoms with Crippen molar-refractivity contribution in [1.29, 1.82) is 0 Å². The lowest BCUT2D eigenvalue weighted by Gasteiger charge is -1.77. The highest BCUT2D eigenvalue weighted by Gasteiger charge is 1.90. The van der Waals surface area contributed by atoms with Crippen LogP contribution in [-0.4, -0.2) is 19.8 Å². The number of halogens is 2. The highest BCUT2D eigenvalue weighted by atomic mass is 35.5. The van der Waals surface area contributed by atoms with Crippen LogP contribution in [0.15, 0.2) is 0 Å². The second-order valence-corrected chi connectivity index (χ2v) is 1.18. The molecule has 0 amide bonds. The van der Waals surface area contributed by atoms with Crippen LogP contribution in [0.1, 0.15) is 0 Å². The predicted octanol–water partition coefficient (Wildman–Crippen LogP) is -0.0197. The quantitative estimate of drug-likeness (QED) is 0.500. The maximum atomic E-state index is 3.11. The van der Waals surface area contributed by atoms with Crippen LogP contribution in [0.3, 0.4) is 0 Å². The van der Waals surface area contributed by atoms with Gasteiger partial charge in [0, 0.05) is 19.8 Å². The standard InChI is InChI=1S/C3H8N2.2ClH/c1-2-5-3-4-1;;/h4-5H,1-3H2;2*1H. The minimum atomic E-state index is 0. The van der Waals surface area contributed by atoms with Gasteiger partial charge in [-0.2, -0.15) is 0 Å². The van der Waals surface area contributed by atoms with E-state index < -0.39 is 0 Å². The van der Waals surface area contributed by atoms with Crippen molar-refractivity contribution in [2.75, 3.05) is 19.8 Å². The minimum absolute atomic E-state index is 0. The Morgan fingerprint density at radius 2 is 1.29 bits per heavy atom. The van der Waals surface area contributed by atoms with Crippen molar-refractivity contribution in [3.05, 3.63) is 0 Å². The first kappa shape index (κ1) is 10.5. The summed E-state index contributed by atoms with van der Waals surface area (Å²) in [5.74, 6) is 0. The van der Waals surface area contributed by atoms with Crippen molar-refractivity contribution in [3.63, 3.8) is 0 Å². The molecule has 1 saturated heterocycles. The molecule has 0 aromatic carbocycles. The Morgan fingerprint density at radius 1 is 0.857 bits per heavy atom. The van der Waals surface area contributed by atoms with E-state index >= 15 is 0 Å². The molecule has 0 aromatic heterocycles. The molecule has 2 nitrogen and oxygen atoms in total. The normalized spacial score (nSPS) is 17.1. The summed E-state index contributed by atoms with van der Waals surface area (Å²) >= 11 is 0. The van der Waals surface area contributed by atoms with Gasteiger partial charge in [-0.25, -0.2) is 0 Å². The highest BCUT2D eigenvalue weighted by Crippen LogP contribution is 1.62. The van der Waals surface area contributed by atoms with Crippen molar-refractivity contribution < 1.29 is 0 Å². The zero-order valence-electron chi connectivity index (χ0n) is 3.94. The van der Waals surface area contributed by atoms with Crippen molar-refractivity contribution in [2.24, 2.45) is 0 Å². The Bertz CT molecular complexity index is 22.5. The number of hydrogen-bond donors (Lipinski definition) is 2. The minimum Gasteiger partial charge on any atom is -0.303 e. The van der Waals surface area contributed by atoms with E-state index in [4.69, 9.17) is 0 Å². The zero-order valence-corrected chi connectivity index (χ0v) is 5.57. The molecule has 4 heteroatoms. The maximum Gasteiger partial charge on any atom is 0.0455 e. The predicted molar refractivity (Wildman–Crippen MR) is 35.4 cm³/mol. The van der Waals surface area contributed by atoms with E-state index in [-0.39, 0.29) is 24.8 Å². The summed E-state index contributed by atoms with van der Waals surface area (Å²) in [7, 11) is 0. The molecule has 7 heavy (non-hydrogen) atoms. The Morgan fingerprint density at radius 3 is 1.43 bits per heavy atom. The van der Waals surface area contributed by atoms with Gasteiger partial charge in [-0.1, -0.05) is 0 Å². The molecular weight excluding hydrogens is 135 g/mol. The molecule has 0 unspecified atom stereocenters. The second kappa shape index (κ2) is 6.50. The second-order valence-electron chi connectivity index (χ2n) is 1.18. The van der Waals surface area contributed by atoms with E-state index in [1.54, 1.807) is 0 Å². The van der Waals surface area contributed by atoms with Crippen LogP contribution in [0.2, 0.25) is 0 Å². The number of nitrogens with one attached hydrogen (secondary N) is 2. The molecule has 0 radical (unpaired) electrons. The van der Waals surface area contributed by atoms with Crippen LogP contribution in [-0.2, 0) is 0 Å². The summed E-state index contributed by atoms with van der Waals surface area (Å²) in [5.41, 5.74) is 0. The SMILES string of the molecule is C1CNCN1.Cl.Cl. The van der Waals surface area contributed by atoms with Crippen molar-refractivity contribution >= 4 is 24.8 Å². The lowest BCUT2D eigenvalue weighted by atomic mass is 10.7. The van der Waals surface area contributed by atoms with Gasteiger partial charge in [-0.05, 0) is 0 Å². The Balaban J connectivity index is 0. The molecule has 0 aliphatic carbocycles. The zero-order chi connectivity index (χ0) is 3.54. The van der Waals surface area contributed by atoms with E-state index in [1.165, 1.54) is 0 Å². The van der Waals surface area contributed by atoms with Crippen molar-refractivity contribution in [2.45, 2.75) is 0 Å². The smallest absolute Gasteiger partial charge is 0.0455 e. The van der Waals surface area contributed by atoms with Crippen LogP contribution in [0.5, 0.6) is 0 Å². The van der Waals surface area contributed by atoms with E-state index in [1.807, 2.05) is 0 Å². The third-order valence-electron chi connectivity index (χ3n) is 0.729. The molecule has 46 valence electrons. The fourth-order valence-corrected chi connectivity index (χ4v) is 0.442. The van der Waals surface area contributed by atoms with Crippen LogP contribution in [0.4, 0.5) is 0 Å². The summed E-state index contributed by atoms with van der Waals surface area (Å²) in [6.45, 7) is 3.28. The van der Waals surface area contributed by atoms with Gasteiger partial charge < -0.3 is 10.6 Å². The number of hydrogen-bond acceptors (Lipinski definition) is 2. The van der Waals surface area contributed by atoms with Gasteiger partial charge in [-0.3, -0.25) is 0 Å². The average Bonchev–Trinajstić information content (AvgIpc) is 1.76. The molecule has 0 spiro atoms. The monoisotopic (exact) mass is 144 g/mol. The van der Waals surface area contributed by atoms with Gasteiger partial charge >= 0.3 is 0 Å². The molecule has 1 rings (SSSR count). The fourth-order valence-electron chi connectivity index (χ4n) is 0.442.